The van der Waals surface area contributed by atoms with Crippen LogP contribution in [0.1, 0.15) is 75.6 Å². The monoisotopic (exact) mass is 372 g/mol. The van der Waals surface area contributed by atoms with Gasteiger partial charge in [-0.1, -0.05) is 37.8 Å². The van der Waals surface area contributed by atoms with Gasteiger partial charge in [-0.15, -0.1) is 0 Å². The van der Waals surface area contributed by atoms with Crippen molar-refractivity contribution >= 4 is 5.91 Å². The van der Waals surface area contributed by atoms with E-state index in [1.54, 1.807) is 0 Å². The Morgan fingerprint density at radius 2 is 1.85 bits per heavy atom. The van der Waals surface area contributed by atoms with Crippen LogP contribution in [-0.4, -0.2) is 42.6 Å². The molecule has 1 saturated carbocycles. The van der Waals surface area contributed by atoms with E-state index in [1.807, 2.05) is 38.1 Å². The van der Waals surface area contributed by atoms with Gasteiger partial charge in [0.05, 0.1) is 12.2 Å². The number of amides is 1. The lowest BCUT2D eigenvalue weighted by atomic mass is 9.95. The molecule has 0 spiro atoms. The smallest absolute Gasteiger partial charge is 0.255 e. The highest BCUT2D eigenvalue weighted by molar-refractivity contribution is 5.97. The van der Waals surface area contributed by atoms with E-state index in [0.29, 0.717) is 23.8 Å². The van der Waals surface area contributed by atoms with Gasteiger partial charge in [-0.3, -0.25) is 9.69 Å². The lowest BCUT2D eigenvalue weighted by Crippen LogP contribution is -2.44. The third kappa shape index (κ3) is 5.97. The second-order valence-electron chi connectivity index (χ2n) is 8.58. The molecule has 3 rings (SSSR count). The summed E-state index contributed by atoms with van der Waals surface area (Å²) < 4.78 is 6.15. The fourth-order valence-corrected chi connectivity index (χ4v) is 4.52. The average Bonchev–Trinajstić information content (AvgIpc) is 2.96. The molecule has 2 aliphatic rings. The first-order chi connectivity index (χ1) is 13.1. The van der Waals surface area contributed by atoms with Crippen LogP contribution in [-0.2, 0) is 0 Å². The summed E-state index contributed by atoms with van der Waals surface area (Å²) in [6.07, 6.45) is 10.8. The molecular weight excluding hydrogens is 336 g/mol. The van der Waals surface area contributed by atoms with Gasteiger partial charge < -0.3 is 10.1 Å². The fourth-order valence-electron chi connectivity index (χ4n) is 4.52. The Bertz CT molecular complexity index is 594. The van der Waals surface area contributed by atoms with Gasteiger partial charge in [-0.2, -0.15) is 0 Å². The maximum absolute atomic E-state index is 12.4. The molecule has 1 amide bonds. The standard InChI is InChI=1S/C23H36N2O2/c1-18(2)24-23(26)21-13-7-8-14-22(21)27-17-19-10-9-15-25(16-19)20-11-5-3-4-6-12-20/h7-8,13-14,18-20H,3-6,9-12,15-17H2,1-2H3,(H,24,26). The molecule has 27 heavy (non-hydrogen) atoms. The summed E-state index contributed by atoms with van der Waals surface area (Å²) in [7, 11) is 0. The van der Waals surface area contributed by atoms with Gasteiger partial charge >= 0.3 is 0 Å². The van der Waals surface area contributed by atoms with Crippen LogP contribution >= 0.6 is 0 Å². The number of ether oxygens (including phenoxy) is 1. The molecule has 1 unspecified atom stereocenters. The summed E-state index contributed by atoms with van der Waals surface area (Å²) in [5.41, 5.74) is 0.641. The van der Waals surface area contributed by atoms with Crippen molar-refractivity contribution < 1.29 is 9.53 Å². The van der Waals surface area contributed by atoms with Crippen LogP contribution in [0, 0.1) is 5.92 Å². The summed E-state index contributed by atoms with van der Waals surface area (Å²) in [4.78, 5) is 15.1. The van der Waals surface area contributed by atoms with Crippen molar-refractivity contribution in [3.05, 3.63) is 29.8 Å². The van der Waals surface area contributed by atoms with E-state index >= 15 is 0 Å². The first-order valence-electron chi connectivity index (χ1n) is 10.9. The number of hydrogen-bond donors (Lipinski definition) is 1. The third-order valence-corrected chi connectivity index (χ3v) is 5.92. The van der Waals surface area contributed by atoms with Crippen molar-refractivity contribution in [1.29, 1.82) is 0 Å². The highest BCUT2D eigenvalue weighted by Gasteiger charge is 2.27. The zero-order chi connectivity index (χ0) is 19.1. The molecule has 0 aromatic heterocycles. The zero-order valence-electron chi connectivity index (χ0n) is 17.1. The Labute approximate surface area is 164 Å². The van der Waals surface area contributed by atoms with E-state index in [1.165, 1.54) is 57.9 Å². The predicted octanol–water partition coefficient (Wildman–Crippen LogP) is 4.64. The second-order valence-corrected chi connectivity index (χ2v) is 8.58. The molecule has 0 radical (unpaired) electrons. The largest absolute Gasteiger partial charge is 0.492 e. The molecule has 1 heterocycles. The van der Waals surface area contributed by atoms with Crippen LogP contribution in [0.2, 0.25) is 0 Å². The van der Waals surface area contributed by atoms with Crippen LogP contribution in [0.25, 0.3) is 0 Å². The average molecular weight is 373 g/mol. The number of nitrogens with zero attached hydrogens (tertiary/aromatic N) is 1. The summed E-state index contributed by atoms with van der Waals surface area (Å²) in [6, 6.07) is 8.51. The zero-order valence-corrected chi connectivity index (χ0v) is 17.1. The van der Waals surface area contributed by atoms with E-state index in [9.17, 15) is 4.79 Å². The summed E-state index contributed by atoms with van der Waals surface area (Å²) in [5.74, 6) is 1.22. The van der Waals surface area contributed by atoms with E-state index in [2.05, 4.69) is 10.2 Å². The van der Waals surface area contributed by atoms with E-state index < -0.39 is 0 Å². The SMILES string of the molecule is CC(C)NC(=O)c1ccccc1OCC1CCCN(C2CCCCCC2)C1. The number of carbonyl (C=O) groups excluding carboxylic acids is 1. The first-order valence-corrected chi connectivity index (χ1v) is 10.9. The minimum Gasteiger partial charge on any atom is -0.492 e. The molecule has 150 valence electrons. The van der Waals surface area contributed by atoms with Crippen LogP contribution in [0.5, 0.6) is 5.75 Å². The number of rotatable bonds is 6. The van der Waals surface area contributed by atoms with Gasteiger partial charge in [-0.05, 0) is 58.2 Å². The number of nitrogens with one attached hydrogen (secondary N) is 1. The minimum atomic E-state index is -0.0515. The number of benzene rings is 1. The van der Waals surface area contributed by atoms with E-state index in [4.69, 9.17) is 4.74 Å². The van der Waals surface area contributed by atoms with Gasteiger partial charge in [0.1, 0.15) is 5.75 Å². The Balaban J connectivity index is 1.56. The molecule has 1 saturated heterocycles. The van der Waals surface area contributed by atoms with Crippen molar-refractivity contribution in [2.45, 2.75) is 77.3 Å². The molecule has 1 aliphatic carbocycles. The third-order valence-electron chi connectivity index (χ3n) is 5.92. The van der Waals surface area contributed by atoms with E-state index in [0.717, 1.165) is 12.6 Å². The highest BCUT2D eigenvalue weighted by Crippen LogP contribution is 2.27. The normalized spacial score (nSPS) is 22.4. The molecule has 0 bridgehead atoms. The number of likely N-dealkylation sites (tertiary alicyclic amines) is 1. The molecule has 1 N–H and O–H groups in total. The number of hydrogen-bond acceptors (Lipinski definition) is 3. The highest BCUT2D eigenvalue weighted by atomic mass is 16.5. The molecular formula is C23H36N2O2. The van der Waals surface area contributed by atoms with Gasteiger partial charge in [0.15, 0.2) is 0 Å². The Morgan fingerprint density at radius 3 is 2.59 bits per heavy atom. The Hall–Kier alpha value is -1.55. The van der Waals surface area contributed by atoms with Crippen LogP contribution < -0.4 is 10.1 Å². The molecule has 1 aromatic carbocycles. The lowest BCUT2D eigenvalue weighted by Gasteiger charge is -2.38. The van der Waals surface area contributed by atoms with Crippen molar-refractivity contribution in [2.24, 2.45) is 5.92 Å². The van der Waals surface area contributed by atoms with Crippen molar-refractivity contribution in [1.82, 2.24) is 10.2 Å². The first kappa shape index (κ1) is 20.2. The van der Waals surface area contributed by atoms with Crippen LogP contribution in [0.4, 0.5) is 0 Å². The van der Waals surface area contributed by atoms with Gasteiger partial charge in [0, 0.05) is 24.5 Å². The van der Waals surface area contributed by atoms with Crippen molar-refractivity contribution in [3.63, 3.8) is 0 Å². The molecule has 2 fully saturated rings. The van der Waals surface area contributed by atoms with Crippen LogP contribution in [0.3, 0.4) is 0 Å². The van der Waals surface area contributed by atoms with Crippen molar-refractivity contribution in [3.8, 4) is 5.75 Å². The topological polar surface area (TPSA) is 41.6 Å². The maximum Gasteiger partial charge on any atom is 0.255 e. The van der Waals surface area contributed by atoms with E-state index in [-0.39, 0.29) is 11.9 Å². The Kier molecular flexibility index (Phi) is 7.57. The van der Waals surface area contributed by atoms with Gasteiger partial charge in [0.2, 0.25) is 0 Å². The van der Waals surface area contributed by atoms with Crippen LogP contribution in [0.15, 0.2) is 24.3 Å². The summed E-state index contributed by atoms with van der Waals surface area (Å²) >= 11 is 0. The molecule has 4 nitrogen and oxygen atoms in total. The summed E-state index contributed by atoms with van der Waals surface area (Å²) in [5, 5.41) is 2.97. The number of piperidine rings is 1. The quantitative estimate of drug-likeness (QED) is 0.740. The predicted molar refractivity (Wildman–Crippen MR) is 110 cm³/mol. The number of carbonyl (C=O) groups is 1. The molecule has 1 aliphatic heterocycles. The maximum atomic E-state index is 12.4. The number of para-hydroxylation sites is 1. The molecule has 1 aromatic rings. The van der Waals surface area contributed by atoms with Gasteiger partial charge in [-0.25, -0.2) is 0 Å². The lowest BCUT2D eigenvalue weighted by molar-refractivity contribution is 0.0857. The summed E-state index contributed by atoms with van der Waals surface area (Å²) in [6.45, 7) is 7.05. The van der Waals surface area contributed by atoms with Crippen molar-refractivity contribution in [2.75, 3.05) is 19.7 Å². The molecule has 4 heteroatoms. The molecule has 1 atom stereocenters. The Morgan fingerprint density at radius 1 is 1.11 bits per heavy atom. The fraction of sp³-hybridized carbons (Fsp3) is 0.696. The minimum absolute atomic E-state index is 0.0515. The second kappa shape index (κ2) is 10.1. The van der Waals surface area contributed by atoms with Gasteiger partial charge in [0.25, 0.3) is 5.91 Å².